The summed E-state index contributed by atoms with van der Waals surface area (Å²) in [6.45, 7) is 2.09. The van der Waals surface area contributed by atoms with Crippen LogP contribution >= 0.6 is 27.5 Å². The molecule has 0 aromatic heterocycles. The Hall–Kier alpha value is -0.0900. The van der Waals surface area contributed by atoms with Crippen LogP contribution in [0.2, 0.25) is 0 Å². The summed E-state index contributed by atoms with van der Waals surface area (Å²) in [6.07, 6.45) is 0.739. The number of hydrogen-bond acceptors (Lipinski definition) is 3. The van der Waals surface area contributed by atoms with Crippen molar-refractivity contribution in [3.05, 3.63) is 0 Å². The van der Waals surface area contributed by atoms with E-state index in [1.54, 1.807) is 6.92 Å². The zero-order valence-corrected chi connectivity index (χ0v) is 9.73. The summed E-state index contributed by atoms with van der Waals surface area (Å²) < 4.78 is 4.74. The van der Waals surface area contributed by atoms with Gasteiger partial charge in [0.25, 0.3) is 0 Å². The van der Waals surface area contributed by atoms with E-state index in [0.29, 0.717) is 19.4 Å². The predicted octanol–water partition coefficient (Wildman–Crippen LogP) is 1.90. The molecular formula is C8H12BrClO3. The van der Waals surface area contributed by atoms with E-state index >= 15 is 0 Å². The van der Waals surface area contributed by atoms with Gasteiger partial charge in [-0.25, -0.2) is 0 Å². The predicted molar refractivity (Wildman–Crippen MR) is 54.3 cm³/mol. The van der Waals surface area contributed by atoms with Crippen LogP contribution in [0.4, 0.5) is 0 Å². The summed E-state index contributed by atoms with van der Waals surface area (Å²) in [6, 6.07) is 0. The lowest BCUT2D eigenvalue weighted by Gasteiger charge is -2.07. The van der Waals surface area contributed by atoms with Crippen molar-refractivity contribution in [2.45, 2.75) is 24.6 Å². The van der Waals surface area contributed by atoms with Gasteiger partial charge in [-0.15, -0.1) is 11.6 Å². The van der Waals surface area contributed by atoms with Crippen molar-refractivity contribution in [1.82, 2.24) is 0 Å². The Morgan fingerprint density at radius 1 is 1.54 bits per heavy atom. The zero-order valence-electron chi connectivity index (χ0n) is 7.39. The first-order valence-corrected chi connectivity index (χ1v) is 5.45. The minimum Gasteiger partial charge on any atom is -0.465 e. The van der Waals surface area contributed by atoms with Gasteiger partial charge in [0.2, 0.25) is 0 Å². The van der Waals surface area contributed by atoms with E-state index in [0.717, 1.165) is 0 Å². The fraction of sp³-hybridized carbons (Fsp3) is 0.750. The van der Waals surface area contributed by atoms with Gasteiger partial charge in [-0.2, -0.15) is 0 Å². The first-order chi connectivity index (χ1) is 6.11. The van der Waals surface area contributed by atoms with Gasteiger partial charge in [0.05, 0.1) is 12.5 Å². The maximum absolute atomic E-state index is 11.0. The Bertz CT molecular complexity index is 184. The van der Waals surface area contributed by atoms with Crippen LogP contribution in [-0.2, 0) is 14.3 Å². The highest BCUT2D eigenvalue weighted by Gasteiger charge is 2.16. The third-order valence-electron chi connectivity index (χ3n) is 1.37. The SMILES string of the molecule is CCOC(=O)C(Br)CCC(=O)CCl. The summed E-state index contributed by atoms with van der Waals surface area (Å²) in [5.74, 6) is -0.386. The summed E-state index contributed by atoms with van der Waals surface area (Å²) in [4.78, 5) is 21.4. The quantitative estimate of drug-likeness (QED) is 0.547. The molecule has 0 aromatic rings. The first-order valence-electron chi connectivity index (χ1n) is 4.00. The van der Waals surface area contributed by atoms with E-state index in [1.165, 1.54) is 0 Å². The lowest BCUT2D eigenvalue weighted by Crippen LogP contribution is -2.18. The van der Waals surface area contributed by atoms with Crippen LogP contribution in [0.25, 0.3) is 0 Å². The fourth-order valence-electron chi connectivity index (χ4n) is 0.705. The molecule has 0 aliphatic rings. The highest BCUT2D eigenvalue weighted by atomic mass is 79.9. The Morgan fingerprint density at radius 2 is 2.15 bits per heavy atom. The molecule has 13 heavy (non-hydrogen) atoms. The molecule has 0 aliphatic heterocycles. The normalized spacial score (nSPS) is 12.2. The molecule has 0 bridgehead atoms. The number of esters is 1. The molecule has 0 fully saturated rings. The number of Topliss-reactive ketones (excluding diaryl/α,β-unsaturated/α-hetero) is 1. The van der Waals surface area contributed by atoms with E-state index in [1.807, 2.05) is 0 Å². The van der Waals surface area contributed by atoms with Gasteiger partial charge in [0.15, 0.2) is 0 Å². The van der Waals surface area contributed by atoms with Crippen molar-refractivity contribution in [3.8, 4) is 0 Å². The molecule has 0 heterocycles. The van der Waals surface area contributed by atoms with E-state index in [2.05, 4.69) is 15.9 Å². The second kappa shape index (κ2) is 7.33. The van der Waals surface area contributed by atoms with Crippen LogP contribution in [0, 0.1) is 0 Å². The molecule has 1 unspecified atom stereocenters. The summed E-state index contributed by atoms with van der Waals surface area (Å²) in [5.41, 5.74) is 0. The molecule has 76 valence electrons. The van der Waals surface area contributed by atoms with E-state index in [4.69, 9.17) is 16.3 Å². The van der Waals surface area contributed by atoms with Crippen LogP contribution < -0.4 is 0 Å². The molecule has 5 heteroatoms. The average Bonchev–Trinajstić information content (AvgIpc) is 2.13. The van der Waals surface area contributed by atoms with E-state index in [-0.39, 0.29) is 17.6 Å². The van der Waals surface area contributed by atoms with Crippen molar-refractivity contribution >= 4 is 39.3 Å². The minimum absolute atomic E-state index is 0.00253. The highest BCUT2D eigenvalue weighted by molar-refractivity contribution is 9.10. The molecule has 1 atom stereocenters. The standard InChI is InChI=1S/C8H12BrClO3/c1-2-13-8(12)7(9)4-3-6(11)5-10/h7H,2-5H2,1H3. The third kappa shape index (κ3) is 6.05. The summed E-state index contributed by atoms with van der Waals surface area (Å²) in [5, 5.41) is 0. The van der Waals surface area contributed by atoms with E-state index < -0.39 is 4.83 Å². The zero-order chi connectivity index (χ0) is 10.3. The topological polar surface area (TPSA) is 43.4 Å². The fourth-order valence-corrected chi connectivity index (χ4v) is 1.20. The van der Waals surface area contributed by atoms with Crippen LogP contribution in [-0.4, -0.2) is 29.1 Å². The number of hydrogen-bond donors (Lipinski definition) is 0. The van der Waals surface area contributed by atoms with Crippen molar-refractivity contribution < 1.29 is 14.3 Å². The van der Waals surface area contributed by atoms with Crippen molar-refractivity contribution in [1.29, 1.82) is 0 Å². The molecule has 0 rings (SSSR count). The number of carbonyl (C=O) groups excluding carboxylic acids is 2. The van der Waals surface area contributed by atoms with Crippen LogP contribution in [0.15, 0.2) is 0 Å². The molecule has 0 saturated carbocycles. The molecule has 0 aromatic carbocycles. The molecule has 3 nitrogen and oxygen atoms in total. The Balaban J connectivity index is 3.67. The number of rotatable bonds is 6. The van der Waals surface area contributed by atoms with Crippen molar-refractivity contribution in [3.63, 3.8) is 0 Å². The molecule has 0 N–H and O–H groups in total. The van der Waals surface area contributed by atoms with Gasteiger partial charge in [-0.3, -0.25) is 9.59 Å². The Labute approximate surface area is 90.9 Å². The van der Waals surface area contributed by atoms with Crippen molar-refractivity contribution in [2.24, 2.45) is 0 Å². The molecule has 0 radical (unpaired) electrons. The number of halogens is 2. The Kier molecular flexibility index (Phi) is 7.28. The number of ether oxygens (including phenoxy) is 1. The summed E-state index contributed by atoms with van der Waals surface area (Å²) >= 11 is 8.43. The molecular weight excluding hydrogens is 259 g/mol. The lowest BCUT2D eigenvalue weighted by atomic mass is 10.2. The van der Waals surface area contributed by atoms with Gasteiger partial charge in [-0.1, -0.05) is 15.9 Å². The van der Waals surface area contributed by atoms with Crippen molar-refractivity contribution in [2.75, 3.05) is 12.5 Å². The van der Waals surface area contributed by atoms with Gasteiger partial charge in [0.1, 0.15) is 10.6 Å². The maximum atomic E-state index is 11.0. The number of ketones is 1. The number of alkyl halides is 2. The van der Waals surface area contributed by atoms with Gasteiger partial charge >= 0.3 is 5.97 Å². The van der Waals surface area contributed by atoms with Crippen LogP contribution in [0.5, 0.6) is 0 Å². The van der Waals surface area contributed by atoms with Gasteiger partial charge < -0.3 is 4.74 Å². The summed E-state index contributed by atoms with van der Waals surface area (Å²) in [7, 11) is 0. The van der Waals surface area contributed by atoms with Gasteiger partial charge in [-0.05, 0) is 13.3 Å². The minimum atomic E-state index is -0.403. The lowest BCUT2D eigenvalue weighted by molar-refractivity contribution is -0.142. The number of carbonyl (C=O) groups is 2. The van der Waals surface area contributed by atoms with Crippen LogP contribution in [0.3, 0.4) is 0 Å². The van der Waals surface area contributed by atoms with Gasteiger partial charge in [0, 0.05) is 6.42 Å². The molecule has 0 amide bonds. The molecule has 0 spiro atoms. The molecule has 0 saturated heterocycles. The first kappa shape index (κ1) is 12.9. The highest BCUT2D eigenvalue weighted by Crippen LogP contribution is 2.10. The maximum Gasteiger partial charge on any atom is 0.319 e. The monoisotopic (exact) mass is 270 g/mol. The Morgan fingerprint density at radius 3 is 2.62 bits per heavy atom. The molecule has 0 aliphatic carbocycles. The third-order valence-corrected chi connectivity index (χ3v) is 2.50. The smallest absolute Gasteiger partial charge is 0.319 e. The van der Waals surface area contributed by atoms with E-state index in [9.17, 15) is 9.59 Å². The van der Waals surface area contributed by atoms with Crippen LogP contribution in [0.1, 0.15) is 19.8 Å². The second-order valence-corrected chi connectivity index (χ2v) is 3.80. The second-order valence-electron chi connectivity index (χ2n) is 2.43. The average molecular weight is 272 g/mol. The largest absolute Gasteiger partial charge is 0.465 e.